The van der Waals surface area contributed by atoms with Crippen LogP contribution in [0.3, 0.4) is 0 Å². The van der Waals surface area contributed by atoms with Gasteiger partial charge in [0.1, 0.15) is 5.82 Å². The number of benzene rings is 1. The Labute approximate surface area is 154 Å². The van der Waals surface area contributed by atoms with Gasteiger partial charge in [-0.05, 0) is 37.2 Å². The van der Waals surface area contributed by atoms with Gasteiger partial charge in [-0.2, -0.15) is 23.5 Å². The molecule has 3 rings (SSSR count). The van der Waals surface area contributed by atoms with Crippen molar-refractivity contribution in [1.82, 2.24) is 19.2 Å². The van der Waals surface area contributed by atoms with Crippen LogP contribution in [-0.2, 0) is 6.67 Å². The van der Waals surface area contributed by atoms with E-state index in [2.05, 4.69) is 5.10 Å². The lowest BCUT2D eigenvalue weighted by molar-refractivity contribution is -0.149. The zero-order chi connectivity index (χ0) is 18.7. The Kier molecular flexibility index (Phi) is 5.44. The molecular weight excluding hydrogens is 363 g/mol. The lowest BCUT2D eigenvalue weighted by Crippen LogP contribution is -2.36. The third kappa shape index (κ3) is 4.51. The molecular formula is C17H18F3N5S. The van der Waals surface area contributed by atoms with Crippen LogP contribution in [0.15, 0.2) is 30.3 Å². The molecule has 26 heavy (non-hydrogen) atoms. The Morgan fingerprint density at radius 1 is 1.27 bits per heavy atom. The largest absolute Gasteiger partial charge is 0.401 e. The molecule has 1 aliphatic rings. The first-order valence-electron chi connectivity index (χ1n) is 8.30. The van der Waals surface area contributed by atoms with E-state index in [1.165, 1.54) is 4.68 Å². The number of nitrogens with zero attached hydrogens (tertiary/aromatic N) is 5. The van der Waals surface area contributed by atoms with E-state index in [0.717, 1.165) is 29.3 Å². The SMILES string of the molecule is N#CCCN(Cn1nc(C2CC2)n(-c2ccccc2)c1=S)CC(F)(F)F. The molecule has 9 heteroatoms. The highest BCUT2D eigenvalue weighted by Gasteiger charge is 2.33. The summed E-state index contributed by atoms with van der Waals surface area (Å²) < 4.78 is 42.1. The summed E-state index contributed by atoms with van der Waals surface area (Å²) in [6.45, 7) is -1.19. The fraction of sp³-hybridized carbons (Fsp3) is 0.471. The van der Waals surface area contributed by atoms with Gasteiger partial charge in [-0.1, -0.05) is 18.2 Å². The van der Waals surface area contributed by atoms with E-state index in [4.69, 9.17) is 17.5 Å². The first-order valence-corrected chi connectivity index (χ1v) is 8.71. The van der Waals surface area contributed by atoms with Gasteiger partial charge >= 0.3 is 6.18 Å². The van der Waals surface area contributed by atoms with E-state index in [9.17, 15) is 13.2 Å². The molecule has 0 unspecified atom stereocenters. The number of para-hydroxylation sites is 1. The average molecular weight is 381 g/mol. The zero-order valence-corrected chi connectivity index (χ0v) is 14.8. The van der Waals surface area contributed by atoms with Crippen molar-refractivity contribution in [1.29, 1.82) is 5.26 Å². The summed E-state index contributed by atoms with van der Waals surface area (Å²) in [4.78, 5) is 1.15. The molecule has 0 atom stereocenters. The van der Waals surface area contributed by atoms with Crippen molar-refractivity contribution in [3.63, 3.8) is 0 Å². The molecule has 0 N–H and O–H groups in total. The molecule has 1 aromatic heterocycles. The summed E-state index contributed by atoms with van der Waals surface area (Å²) in [6, 6.07) is 11.3. The minimum Gasteiger partial charge on any atom is -0.275 e. The molecule has 138 valence electrons. The second-order valence-corrected chi connectivity index (χ2v) is 6.67. The Morgan fingerprint density at radius 3 is 2.54 bits per heavy atom. The molecule has 0 aliphatic heterocycles. The van der Waals surface area contributed by atoms with Crippen LogP contribution in [0.1, 0.15) is 31.0 Å². The van der Waals surface area contributed by atoms with Crippen LogP contribution in [0.5, 0.6) is 0 Å². The maximum atomic E-state index is 12.8. The summed E-state index contributed by atoms with van der Waals surface area (Å²) >= 11 is 5.50. The topological polar surface area (TPSA) is 49.8 Å². The Hall–Kier alpha value is -2.18. The molecule has 1 heterocycles. The van der Waals surface area contributed by atoms with Crippen molar-refractivity contribution in [2.45, 2.75) is 38.0 Å². The van der Waals surface area contributed by atoms with Gasteiger partial charge in [0.15, 0.2) is 0 Å². The van der Waals surface area contributed by atoms with Crippen molar-refractivity contribution in [3.8, 4) is 11.8 Å². The van der Waals surface area contributed by atoms with E-state index in [-0.39, 0.29) is 25.6 Å². The van der Waals surface area contributed by atoms with Crippen LogP contribution in [0, 0.1) is 16.1 Å². The van der Waals surface area contributed by atoms with Crippen LogP contribution in [0.2, 0.25) is 0 Å². The smallest absolute Gasteiger partial charge is 0.275 e. The van der Waals surface area contributed by atoms with Gasteiger partial charge in [0.05, 0.1) is 19.3 Å². The Morgan fingerprint density at radius 2 is 1.96 bits per heavy atom. The summed E-state index contributed by atoms with van der Waals surface area (Å²) in [5.41, 5.74) is 0.852. The fourth-order valence-corrected chi connectivity index (χ4v) is 3.09. The first kappa shape index (κ1) is 18.6. The van der Waals surface area contributed by atoms with Gasteiger partial charge in [-0.15, -0.1) is 0 Å². The van der Waals surface area contributed by atoms with Gasteiger partial charge in [0.2, 0.25) is 4.77 Å². The third-order valence-electron chi connectivity index (χ3n) is 4.10. The predicted octanol–water partition coefficient (Wildman–Crippen LogP) is 4.02. The van der Waals surface area contributed by atoms with Crippen molar-refractivity contribution >= 4 is 12.2 Å². The van der Waals surface area contributed by atoms with Gasteiger partial charge in [-0.3, -0.25) is 9.47 Å². The highest BCUT2D eigenvalue weighted by atomic mass is 32.1. The van der Waals surface area contributed by atoms with Crippen LogP contribution in [0.25, 0.3) is 5.69 Å². The number of rotatable bonds is 7. The normalized spacial score (nSPS) is 14.6. The molecule has 0 bridgehead atoms. The molecule has 2 aromatic rings. The Balaban J connectivity index is 1.92. The summed E-state index contributed by atoms with van der Waals surface area (Å²) in [5, 5.41) is 13.2. The predicted molar refractivity (Wildman–Crippen MR) is 92.2 cm³/mol. The van der Waals surface area contributed by atoms with Gasteiger partial charge in [0.25, 0.3) is 0 Å². The van der Waals surface area contributed by atoms with Crippen molar-refractivity contribution in [2.24, 2.45) is 0 Å². The van der Waals surface area contributed by atoms with Gasteiger partial charge in [-0.25, -0.2) is 4.68 Å². The fourth-order valence-electron chi connectivity index (χ4n) is 2.79. The molecule has 1 aromatic carbocycles. The summed E-state index contributed by atoms with van der Waals surface area (Å²) in [5.74, 6) is 1.07. The summed E-state index contributed by atoms with van der Waals surface area (Å²) in [7, 11) is 0. The maximum absolute atomic E-state index is 12.8. The highest BCUT2D eigenvalue weighted by Crippen LogP contribution is 2.40. The number of hydrogen-bond acceptors (Lipinski definition) is 4. The lowest BCUT2D eigenvalue weighted by atomic mass is 10.3. The minimum atomic E-state index is -4.35. The third-order valence-corrected chi connectivity index (χ3v) is 4.49. The summed E-state index contributed by atoms with van der Waals surface area (Å²) in [6.07, 6.45) is -2.34. The average Bonchev–Trinajstić information content (AvgIpc) is 3.38. The zero-order valence-electron chi connectivity index (χ0n) is 14.0. The van der Waals surface area contributed by atoms with E-state index in [1.54, 1.807) is 0 Å². The number of nitriles is 1. The van der Waals surface area contributed by atoms with Gasteiger partial charge < -0.3 is 0 Å². The first-order chi connectivity index (χ1) is 12.4. The van der Waals surface area contributed by atoms with Crippen LogP contribution < -0.4 is 0 Å². The number of alkyl halides is 3. The van der Waals surface area contributed by atoms with Crippen LogP contribution in [0.4, 0.5) is 13.2 Å². The number of aromatic nitrogens is 3. The molecule has 1 fully saturated rings. The van der Waals surface area contributed by atoms with E-state index in [1.807, 2.05) is 41.0 Å². The molecule has 0 radical (unpaired) electrons. The Bertz CT molecular complexity index is 846. The molecule has 0 spiro atoms. The minimum absolute atomic E-state index is 0.00867. The molecule has 0 amide bonds. The van der Waals surface area contributed by atoms with Crippen molar-refractivity contribution < 1.29 is 13.2 Å². The molecule has 0 saturated heterocycles. The lowest BCUT2D eigenvalue weighted by Gasteiger charge is -2.22. The van der Waals surface area contributed by atoms with Crippen molar-refractivity contribution in [2.75, 3.05) is 13.1 Å². The maximum Gasteiger partial charge on any atom is 0.401 e. The number of hydrogen-bond donors (Lipinski definition) is 0. The van der Waals surface area contributed by atoms with Crippen molar-refractivity contribution in [3.05, 3.63) is 40.9 Å². The van der Waals surface area contributed by atoms with E-state index < -0.39 is 12.7 Å². The second-order valence-electron chi connectivity index (χ2n) is 6.30. The van der Waals surface area contributed by atoms with E-state index in [0.29, 0.717) is 4.77 Å². The standard InChI is InChI=1S/C17H18F3N5S/c18-17(19,20)11-23(10-4-9-21)12-24-16(26)25(14-5-2-1-3-6-14)15(22-24)13-7-8-13/h1-3,5-6,13H,4,7-8,10-12H2. The number of halogens is 3. The molecule has 1 aliphatic carbocycles. The molecule has 5 nitrogen and oxygen atoms in total. The molecule has 1 saturated carbocycles. The van der Waals surface area contributed by atoms with E-state index >= 15 is 0 Å². The van der Waals surface area contributed by atoms with Crippen LogP contribution >= 0.6 is 12.2 Å². The highest BCUT2D eigenvalue weighted by molar-refractivity contribution is 7.71. The van der Waals surface area contributed by atoms with Crippen LogP contribution in [-0.4, -0.2) is 38.5 Å². The quantitative estimate of drug-likeness (QED) is 0.680. The monoisotopic (exact) mass is 381 g/mol. The van der Waals surface area contributed by atoms with Gasteiger partial charge in [0, 0.05) is 24.6 Å². The second kappa shape index (κ2) is 7.60.